The van der Waals surface area contributed by atoms with Gasteiger partial charge in [0.1, 0.15) is 5.82 Å². The van der Waals surface area contributed by atoms with Gasteiger partial charge in [0.05, 0.1) is 0 Å². The monoisotopic (exact) mass is 297 g/mol. The Kier molecular flexibility index (Phi) is 3.30. The van der Waals surface area contributed by atoms with Gasteiger partial charge in [0.2, 0.25) is 0 Å². The van der Waals surface area contributed by atoms with E-state index in [4.69, 9.17) is 0 Å². The van der Waals surface area contributed by atoms with Crippen molar-refractivity contribution < 1.29 is 13.2 Å². The minimum Gasteiger partial charge on any atom is -0.367 e. The third-order valence-electron chi connectivity index (χ3n) is 3.31. The lowest BCUT2D eigenvalue weighted by Crippen LogP contribution is -2.22. The van der Waals surface area contributed by atoms with E-state index in [1.165, 1.54) is 0 Å². The van der Waals surface area contributed by atoms with Crippen LogP contribution >= 0.6 is 0 Å². The molecule has 0 aromatic carbocycles. The molecular weight excluding hydrogens is 283 g/mol. The number of aryl methyl sites for hydroxylation is 1. The second-order valence-electron chi connectivity index (χ2n) is 5.05. The van der Waals surface area contributed by atoms with Gasteiger partial charge in [-0.05, 0) is 26.2 Å². The highest BCUT2D eigenvalue weighted by Gasteiger charge is 2.36. The van der Waals surface area contributed by atoms with Gasteiger partial charge in [-0.1, -0.05) is 12.2 Å². The van der Waals surface area contributed by atoms with Crippen LogP contribution in [0.5, 0.6) is 0 Å². The number of nitrogens with one attached hydrogen (secondary N) is 1. The predicted octanol–water partition coefficient (Wildman–Crippen LogP) is 2.97. The highest BCUT2D eigenvalue weighted by Crippen LogP contribution is 2.27. The fourth-order valence-corrected chi connectivity index (χ4v) is 2.34. The summed E-state index contributed by atoms with van der Waals surface area (Å²) < 4.78 is 39.3. The Balaban J connectivity index is 2.00. The van der Waals surface area contributed by atoms with E-state index in [0.29, 0.717) is 11.5 Å². The van der Waals surface area contributed by atoms with Crippen LogP contribution in [-0.2, 0) is 6.18 Å². The Morgan fingerprint density at radius 1 is 1.29 bits per heavy atom. The normalized spacial score (nSPS) is 19.1. The average Bonchev–Trinajstić information content (AvgIpc) is 2.84. The van der Waals surface area contributed by atoms with E-state index in [-0.39, 0.29) is 11.8 Å². The first-order valence-corrected chi connectivity index (χ1v) is 6.66. The number of aromatic nitrogens is 4. The van der Waals surface area contributed by atoms with Gasteiger partial charge in [0.15, 0.2) is 0 Å². The quantitative estimate of drug-likeness (QED) is 0.866. The molecule has 8 heteroatoms. The summed E-state index contributed by atoms with van der Waals surface area (Å²) in [5.41, 5.74) is 0.595. The molecule has 1 atom stereocenters. The maximum Gasteiger partial charge on any atom is 0.453 e. The summed E-state index contributed by atoms with van der Waals surface area (Å²) in [6.45, 7) is 1.72. The minimum absolute atomic E-state index is 0.0452. The van der Waals surface area contributed by atoms with Gasteiger partial charge in [-0.15, -0.1) is 5.10 Å². The second kappa shape index (κ2) is 5.01. The van der Waals surface area contributed by atoms with Gasteiger partial charge in [-0.2, -0.15) is 22.7 Å². The van der Waals surface area contributed by atoms with Crippen molar-refractivity contribution in [2.24, 2.45) is 0 Å². The zero-order valence-electron chi connectivity index (χ0n) is 11.4. The molecule has 0 spiro atoms. The molecule has 0 amide bonds. The van der Waals surface area contributed by atoms with Gasteiger partial charge < -0.3 is 5.32 Å². The zero-order valence-corrected chi connectivity index (χ0v) is 11.4. The van der Waals surface area contributed by atoms with E-state index in [1.807, 2.05) is 0 Å². The van der Waals surface area contributed by atoms with Crippen molar-refractivity contribution in [1.29, 1.82) is 0 Å². The summed E-state index contributed by atoms with van der Waals surface area (Å²) in [6, 6.07) is 1.86. The Morgan fingerprint density at radius 3 is 2.76 bits per heavy atom. The fourth-order valence-electron chi connectivity index (χ4n) is 2.34. The molecule has 1 N–H and O–H groups in total. The topological polar surface area (TPSA) is 55.1 Å². The number of anilines is 1. The molecule has 0 aliphatic heterocycles. The third-order valence-corrected chi connectivity index (χ3v) is 3.31. The van der Waals surface area contributed by atoms with Crippen molar-refractivity contribution >= 4 is 11.6 Å². The highest BCUT2D eigenvalue weighted by atomic mass is 19.4. The molecule has 5 nitrogen and oxygen atoms in total. The van der Waals surface area contributed by atoms with Crippen molar-refractivity contribution in [1.82, 2.24) is 19.6 Å². The lowest BCUT2D eigenvalue weighted by Gasteiger charge is -2.20. The molecular formula is C13H14F3N5. The van der Waals surface area contributed by atoms with E-state index in [2.05, 4.69) is 32.5 Å². The first-order valence-electron chi connectivity index (χ1n) is 6.66. The van der Waals surface area contributed by atoms with E-state index >= 15 is 0 Å². The van der Waals surface area contributed by atoms with Crippen LogP contribution in [0.25, 0.3) is 5.78 Å². The minimum atomic E-state index is -4.58. The van der Waals surface area contributed by atoms with Gasteiger partial charge in [-0.25, -0.2) is 4.98 Å². The molecule has 21 heavy (non-hydrogen) atoms. The molecule has 3 rings (SSSR count). The number of nitrogens with zero attached hydrogens (tertiary/aromatic N) is 4. The van der Waals surface area contributed by atoms with Crippen LogP contribution < -0.4 is 5.32 Å². The average molecular weight is 297 g/mol. The van der Waals surface area contributed by atoms with Crippen molar-refractivity contribution in [2.75, 3.05) is 5.32 Å². The van der Waals surface area contributed by atoms with Crippen molar-refractivity contribution in [3.63, 3.8) is 0 Å². The molecule has 1 aliphatic rings. The van der Waals surface area contributed by atoms with Crippen LogP contribution in [0.3, 0.4) is 0 Å². The lowest BCUT2D eigenvalue weighted by molar-refractivity contribution is -0.144. The van der Waals surface area contributed by atoms with Gasteiger partial charge in [-0.3, -0.25) is 0 Å². The van der Waals surface area contributed by atoms with Crippen molar-refractivity contribution in [3.8, 4) is 0 Å². The fraction of sp³-hybridized carbons (Fsp3) is 0.462. The first-order chi connectivity index (χ1) is 9.93. The van der Waals surface area contributed by atoms with E-state index < -0.39 is 12.0 Å². The van der Waals surface area contributed by atoms with Crippen LogP contribution in [0.15, 0.2) is 18.2 Å². The van der Waals surface area contributed by atoms with E-state index in [9.17, 15) is 13.2 Å². The predicted molar refractivity (Wildman–Crippen MR) is 70.9 cm³/mol. The maximum absolute atomic E-state index is 12.7. The highest BCUT2D eigenvalue weighted by molar-refractivity contribution is 5.46. The molecule has 0 saturated carbocycles. The van der Waals surface area contributed by atoms with Crippen LogP contribution in [0.4, 0.5) is 19.0 Å². The summed E-state index contributed by atoms with van der Waals surface area (Å²) in [5, 5.41) is 6.76. The lowest BCUT2D eigenvalue weighted by atomic mass is 10.0. The molecule has 2 aromatic rings. The largest absolute Gasteiger partial charge is 0.453 e. The number of hydrogen-bond donors (Lipinski definition) is 1. The molecule has 0 radical (unpaired) electrons. The summed E-state index contributed by atoms with van der Waals surface area (Å²) >= 11 is 0. The summed E-state index contributed by atoms with van der Waals surface area (Å²) in [5.74, 6) is -0.732. The molecule has 1 aliphatic carbocycles. The standard InChI is InChI=1S/C13H14F3N5/c1-8-7-10(18-9-5-3-2-4-6-9)21-12(17-8)19-11(20-21)13(14,15)16/h2-3,7,9,18H,4-6H2,1H3. The summed E-state index contributed by atoms with van der Waals surface area (Å²) in [7, 11) is 0. The maximum atomic E-state index is 12.7. The number of halogens is 3. The molecule has 0 saturated heterocycles. The van der Waals surface area contributed by atoms with Crippen LogP contribution in [0.2, 0.25) is 0 Å². The SMILES string of the molecule is Cc1cc(NC2CC=CCC2)n2nc(C(F)(F)F)nc2n1. The number of hydrogen-bond acceptors (Lipinski definition) is 4. The second-order valence-corrected chi connectivity index (χ2v) is 5.05. The Bertz CT molecular complexity index is 689. The third kappa shape index (κ3) is 2.84. The van der Waals surface area contributed by atoms with Gasteiger partial charge in [0.25, 0.3) is 11.6 Å². The van der Waals surface area contributed by atoms with Crippen LogP contribution in [0, 0.1) is 6.92 Å². The smallest absolute Gasteiger partial charge is 0.367 e. The zero-order chi connectivity index (χ0) is 15.0. The number of fused-ring (bicyclic) bond motifs is 1. The van der Waals surface area contributed by atoms with Gasteiger partial charge >= 0.3 is 6.18 Å². The number of alkyl halides is 3. The molecule has 112 valence electrons. The summed E-state index contributed by atoms with van der Waals surface area (Å²) in [4.78, 5) is 7.46. The number of rotatable bonds is 2. The molecule has 1 unspecified atom stereocenters. The van der Waals surface area contributed by atoms with Crippen molar-refractivity contribution in [2.45, 2.75) is 38.4 Å². The molecule has 2 aromatic heterocycles. The molecule has 2 heterocycles. The number of allylic oxidation sites excluding steroid dienone is 1. The van der Waals surface area contributed by atoms with Crippen LogP contribution in [0.1, 0.15) is 30.8 Å². The Labute approximate surface area is 118 Å². The van der Waals surface area contributed by atoms with Gasteiger partial charge in [0, 0.05) is 17.8 Å². The Morgan fingerprint density at radius 2 is 2.10 bits per heavy atom. The van der Waals surface area contributed by atoms with Crippen LogP contribution in [-0.4, -0.2) is 25.6 Å². The summed E-state index contributed by atoms with van der Waals surface area (Å²) in [6.07, 6.45) is 2.31. The molecule has 0 fully saturated rings. The van der Waals surface area contributed by atoms with E-state index in [1.54, 1.807) is 13.0 Å². The van der Waals surface area contributed by atoms with E-state index in [0.717, 1.165) is 23.8 Å². The van der Waals surface area contributed by atoms with Crippen molar-refractivity contribution in [3.05, 3.63) is 29.7 Å². The molecule has 0 bridgehead atoms. The first kappa shape index (κ1) is 13.8. The Hall–Kier alpha value is -2.12.